The van der Waals surface area contributed by atoms with E-state index < -0.39 is 0 Å². The highest BCUT2D eigenvalue weighted by Gasteiger charge is 1.89. The van der Waals surface area contributed by atoms with E-state index in [9.17, 15) is 0 Å². The second kappa shape index (κ2) is 2.43. The fourth-order valence-corrected chi connectivity index (χ4v) is 1.75. The Bertz CT molecular complexity index is 308. The van der Waals surface area contributed by atoms with E-state index in [2.05, 4.69) is 18.2 Å². The Hall–Kier alpha value is -0.810. The fraction of sp³-hybridized carbons (Fsp3) is 0.125. The highest BCUT2D eigenvalue weighted by molar-refractivity contribution is 7.29. The van der Waals surface area contributed by atoms with Crippen molar-refractivity contribution in [2.75, 3.05) is 6.35 Å². The van der Waals surface area contributed by atoms with E-state index in [1.807, 2.05) is 12.3 Å². The minimum Gasteiger partial charge on any atom is -0.492 e. The molecule has 2 heteroatoms. The molecule has 0 radical (unpaired) electrons. The van der Waals surface area contributed by atoms with Crippen LogP contribution in [0.1, 0.15) is 0 Å². The normalized spacial score (nSPS) is 15.6. The number of benzene rings is 1. The van der Waals surface area contributed by atoms with Crippen LogP contribution in [0.4, 0.5) is 0 Å². The van der Waals surface area contributed by atoms with Gasteiger partial charge in [0, 0.05) is 10.2 Å². The lowest BCUT2D eigenvalue weighted by molar-refractivity contribution is 0.365. The van der Waals surface area contributed by atoms with Gasteiger partial charge in [0.25, 0.3) is 0 Å². The second-order valence-electron chi connectivity index (χ2n) is 2.13. The van der Waals surface area contributed by atoms with Gasteiger partial charge in [0.1, 0.15) is 6.35 Å². The van der Waals surface area contributed by atoms with Crippen molar-refractivity contribution in [3.05, 3.63) is 34.4 Å². The lowest BCUT2D eigenvalue weighted by Crippen LogP contribution is -2.04. The molecule has 0 N–H and O–H groups in total. The zero-order chi connectivity index (χ0) is 6.81. The Morgan fingerprint density at radius 1 is 1.30 bits per heavy atom. The van der Waals surface area contributed by atoms with Crippen molar-refractivity contribution in [1.82, 2.24) is 0 Å². The summed E-state index contributed by atoms with van der Waals surface area (Å²) in [6.07, 6.45) is 2.63. The van der Waals surface area contributed by atoms with Gasteiger partial charge in [-0.25, -0.2) is 0 Å². The topological polar surface area (TPSA) is 9.23 Å². The molecule has 1 aromatic rings. The van der Waals surface area contributed by atoms with Crippen molar-refractivity contribution in [3.8, 4) is 0 Å². The molecule has 0 saturated heterocycles. The summed E-state index contributed by atoms with van der Waals surface area (Å²) in [6.45, 7) is 0. The zero-order valence-corrected chi connectivity index (χ0v) is 6.34. The molecule has 0 aromatic heterocycles. The summed E-state index contributed by atoms with van der Waals surface area (Å²) < 4.78 is 5.16. The minimum absolute atomic E-state index is 0.803. The molecule has 0 saturated carbocycles. The lowest BCUT2D eigenvalue weighted by Gasteiger charge is -1.99. The van der Waals surface area contributed by atoms with Gasteiger partial charge in [0.15, 0.2) is 0 Å². The van der Waals surface area contributed by atoms with Gasteiger partial charge < -0.3 is 4.74 Å². The summed E-state index contributed by atoms with van der Waals surface area (Å²) in [7, 11) is 1.28. The Morgan fingerprint density at radius 2 is 2.20 bits per heavy atom. The summed E-state index contributed by atoms with van der Waals surface area (Å²) in [6, 6.07) is 8.29. The third-order valence-electron chi connectivity index (χ3n) is 1.46. The fourth-order valence-electron chi connectivity index (χ4n) is 0.965. The molecule has 0 unspecified atom stereocenters. The second-order valence-corrected chi connectivity index (χ2v) is 3.19. The van der Waals surface area contributed by atoms with Crippen molar-refractivity contribution < 1.29 is 4.74 Å². The molecule has 1 aliphatic heterocycles. The molecular formula is C8H7OP. The van der Waals surface area contributed by atoms with Crippen LogP contribution in [0.3, 0.4) is 0 Å². The first-order chi connectivity index (χ1) is 4.97. The van der Waals surface area contributed by atoms with Gasteiger partial charge in [-0.1, -0.05) is 26.4 Å². The molecule has 1 aromatic carbocycles. The number of fused-ring (bicyclic) bond motifs is 1. The van der Waals surface area contributed by atoms with Crippen LogP contribution in [0.5, 0.6) is 0 Å². The smallest absolute Gasteiger partial charge is 0.129 e. The Labute approximate surface area is 60.8 Å². The highest BCUT2D eigenvalue weighted by Crippen LogP contribution is 2.05. The third-order valence-corrected chi connectivity index (χ3v) is 2.48. The van der Waals surface area contributed by atoms with Crippen molar-refractivity contribution in [2.45, 2.75) is 0 Å². The van der Waals surface area contributed by atoms with Crippen molar-refractivity contribution in [1.29, 1.82) is 0 Å². The van der Waals surface area contributed by atoms with Gasteiger partial charge in [0.05, 0.1) is 6.26 Å². The predicted molar refractivity (Wildman–Crippen MR) is 42.2 cm³/mol. The third kappa shape index (κ3) is 0.932. The van der Waals surface area contributed by atoms with Gasteiger partial charge in [0.2, 0.25) is 0 Å². The quantitative estimate of drug-likeness (QED) is 0.510. The first kappa shape index (κ1) is 5.94. The molecule has 0 bridgehead atoms. The lowest BCUT2D eigenvalue weighted by atomic mass is 10.3. The minimum atomic E-state index is 0.803. The summed E-state index contributed by atoms with van der Waals surface area (Å²) in [4.78, 5) is 1.37. The summed E-state index contributed by atoms with van der Waals surface area (Å²) >= 11 is 0. The summed E-state index contributed by atoms with van der Waals surface area (Å²) in [5.41, 5.74) is 0. The Morgan fingerprint density at radius 3 is 3.10 bits per heavy atom. The van der Waals surface area contributed by atoms with E-state index in [1.165, 1.54) is 18.4 Å². The van der Waals surface area contributed by atoms with Crippen molar-refractivity contribution in [3.63, 3.8) is 0 Å². The SMILES string of the molecule is C1=c2ccccc2=PCO1. The molecule has 1 aliphatic rings. The van der Waals surface area contributed by atoms with Gasteiger partial charge in [-0.2, -0.15) is 0 Å². The van der Waals surface area contributed by atoms with Crippen LogP contribution in [0.15, 0.2) is 24.3 Å². The Balaban J connectivity index is 2.84. The van der Waals surface area contributed by atoms with E-state index >= 15 is 0 Å². The van der Waals surface area contributed by atoms with Gasteiger partial charge >= 0.3 is 0 Å². The van der Waals surface area contributed by atoms with E-state index in [0.29, 0.717) is 0 Å². The van der Waals surface area contributed by atoms with Crippen LogP contribution in [-0.2, 0) is 4.74 Å². The molecule has 50 valence electrons. The molecular weight excluding hydrogens is 143 g/mol. The maximum absolute atomic E-state index is 5.16. The highest BCUT2D eigenvalue weighted by atomic mass is 31.1. The summed E-state index contributed by atoms with van der Waals surface area (Å²) in [5.74, 6) is 0. The molecule has 2 rings (SSSR count). The Kier molecular flexibility index (Phi) is 1.44. The maximum Gasteiger partial charge on any atom is 0.129 e. The molecule has 0 amide bonds. The number of ether oxygens (including phenoxy) is 1. The average molecular weight is 150 g/mol. The molecule has 1 heterocycles. The van der Waals surface area contributed by atoms with Gasteiger partial charge in [-0.15, -0.1) is 0 Å². The summed E-state index contributed by atoms with van der Waals surface area (Å²) in [5, 5.41) is 1.22. The van der Waals surface area contributed by atoms with Crippen LogP contribution in [-0.4, -0.2) is 6.35 Å². The van der Waals surface area contributed by atoms with E-state index in [1.54, 1.807) is 0 Å². The number of hydrogen-bond donors (Lipinski definition) is 0. The molecule has 0 spiro atoms. The van der Waals surface area contributed by atoms with E-state index in [0.717, 1.165) is 6.35 Å². The van der Waals surface area contributed by atoms with Crippen LogP contribution < -0.4 is 5.22 Å². The van der Waals surface area contributed by atoms with Gasteiger partial charge in [-0.05, 0) is 6.07 Å². The van der Waals surface area contributed by atoms with Crippen LogP contribution in [0, 0.1) is 4.94 Å². The average Bonchev–Trinajstić information content (AvgIpc) is 2.05. The van der Waals surface area contributed by atoms with Crippen molar-refractivity contribution >= 4 is 14.5 Å². The molecule has 0 atom stereocenters. The van der Waals surface area contributed by atoms with E-state index in [-0.39, 0.29) is 0 Å². The van der Waals surface area contributed by atoms with Crippen LogP contribution in [0.2, 0.25) is 0 Å². The number of rotatable bonds is 0. The molecule has 0 aliphatic carbocycles. The van der Waals surface area contributed by atoms with Crippen LogP contribution >= 0.6 is 8.20 Å². The predicted octanol–water partition coefficient (Wildman–Crippen LogP) is 1.61. The molecule has 0 fully saturated rings. The maximum atomic E-state index is 5.16. The number of hydrogen-bond acceptors (Lipinski definition) is 1. The largest absolute Gasteiger partial charge is 0.492 e. The van der Waals surface area contributed by atoms with Crippen LogP contribution in [0.25, 0.3) is 6.26 Å². The first-order valence-electron chi connectivity index (χ1n) is 3.18. The standard InChI is InChI=1S/C8H7OP/c1-2-4-8-7(3-1)5-9-6-10-8/h1-5H,6H2. The monoisotopic (exact) mass is 150 g/mol. The van der Waals surface area contributed by atoms with Gasteiger partial charge in [-0.3, -0.25) is 0 Å². The molecule has 1 nitrogen and oxygen atoms in total. The molecule has 10 heavy (non-hydrogen) atoms. The zero-order valence-electron chi connectivity index (χ0n) is 5.45. The van der Waals surface area contributed by atoms with Crippen molar-refractivity contribution in [2.24, 2.45) is 0 Å². The first-order valence-corrected chi connectivity index (χ1v) is 4.26. The van der Waals surface area contributed by atoms with E-state index in [4.69, 9.17) is 4.74 Å².